The summed E-state index contributed by atoms with van der Waals surface area (Å²) >= 11 is 6.04. The standard InChI is InChI=1S/C13H14ClN/c14-9-5-4-8-6-12-10(11(8)7-9)2-1-3-13(12)15/h4-5,7,13H,1-3,6,15H2. The van der Waals surface area contributed by atoms with Crippen molar-refractivity contribution in [2.75, 3.05) is 0 Å². The van der Waals surface area contributed by atoms with Gasteiger partial charge < -0.3 is 5.73 Å². The van der Waals surface area contributed by atoms with E-state index >= 15 is 0 Å². The first kappa shape index (κ1) is 9.44. The van der Waals surface area contributed by atoms with Crippen molar-refractivity contribution in [2.45, 2.75) is 31.7 Å². The van der Waals surface area contributed by atoms with Gasteiger partial charge in [-0.15, -0.1) is 0 Å². The zero-order valence-electron chi connectivity index (χ0n) is 8.59. The van der Waals surface area contributed by atoms with Crippen LogP contribution in [0.25, 0.3) is 5.57 Å². The van der Waals surface area contributed by atoms with Crippen LogP contribution in [0.2, 0.25) is 5.02 Å². The van der Waals surface area contributed by atoms with Gasteiger partial charge in [-0.1, -0.05) is 17.7 Å². The fourth-order valence-corrected chi connectivity index (χ4v) is 2.96. The summed E-state index contributed by atoms with van der Waals surface area (Å²) in [5.74, 6) is 0. The van der Waals surface area contributed by atoms with Gasteiger partial charge in [-0.05, 0) is 60.1 Å². The van der Waals surface area contributed by atoms with Gasteiger partial charge in [-0.25, -0.2) is 0 Å². The SMILES string of the molecule is NC1CCCC2=C1Cc1ccc(Cl)cc12. The summed E-state index contributed by atoms with van der Waals surface area (Å²) in [5, 5.41) is 0.835. The average Bonchev–Trinajstić information content (AvgIpc) is 2.58. The number of rotatable bonds is 0. The summed E-state index contributed by atoms with van der Waals surface area (Å²) < 4.78 is 0. The minimum Gasteiger partial charge on any atom is -0.324 e. The van der Waals surface area contributed by atoms with E-state index in [1.807, 2.05) is 6.07 Å². The van der Waals surface area contributed by atoms with Gasteiger partial charge in [0.25, 0.3) is 0 Å². The second-order valence-electron chi connectivity index (χ2n) is 4.48. The molecule has 3 rings (SSSR count). The van der Waals surface area contributed by atoms with Crippen LogP contribution in [-0.2, 0) is 6.42 Å². The largest absolute Gasteiger partial charge is 0.324 e. The van der Waals surface area contributed by atoms with Crippen LogP contribution < -0.4 is 5.73 Å². The van der Waals surface area contributed by atoms with Crippen molar-refractivity contribution in [1.82, 2.24) is 0 Å². The van der Waals surface area contributed by atoms with Crippen molar-refractivity contribution in [2.24, 2.45) is 5.73 Å². The summed E-state index contributed by atoms with van der Waals surface area (Å²) in [7, 11) is 0. The Balaban J connectivity index is 2.12. The van der Waals surface area contributed by atoms with Crippen molar-refractivity contribution in [1.29, 1.82) is 0 Å². The van der Waals surface area contributed by atoms with Crippen LogP contribution in [0, 0.1) is 0 Å². The van der Waals surface area contributed by atoms with Gasteiger partial charge in [0.05, 0.1) is 0 Å². The topological polar surface area (TPSA) is 26.0 Å². The van der Waals surface area contributed by atoms with Gasteiger partial charge in [-0.2, -0.15) is 0 Å². The molecular formula is C13H14ClN. The first-order valence-electron chi connectivity index (χ1n) is 5.52. The molecule has 2 heteroatoms. The van der Waals surface area contributed by atoms with E-state index in [1.165, 1.54) is 35.1 Å². The number of benzene rings is 1. The van der Waals surface area contributed by atoms with Crippen LogP contribution >= 0.6 is 11.6 Å². The Labute approximate surface area is 94.9 Å². The first-order valence-corrected chi connectivity index (χ1v) is 5.90. The molecule has 2 aliphatic carbocycles. The van der Waals surface area contributed by atoms with E-state index < -0.39 is 0 Å². The fraction of sp³-hybridized carbons (Fsp3) is 0.385. The molecule has 1 atom stereocenters. The Kier molecular flexibility index (Phi) is 2.11. The molecule has 2 N–H and O–H groups in total. The summed E-state index contributed by atoms with van der Waals surface area (Å²) in [5.41, 5.74) is 11.8. The van der Waals surface area contributed by atoms with Gasteiger partial charge in [0, 0.05) is 11.1 Å². The average molecular weight is 220 g/mol. The van der Waals surface area contributed by atoms with Crippen LogP contribution in [0.15, 0.2) is 23.8 Å². The van der Waals surface area contributed by atoms with E-state index in [-0.39, 0.29) is 6.04 Å². The molecule has 1 aromatic carbocycles. The quantitative estimate of drug-likeness (QED) is 0.713. The maximum absolute atomic E-state index is 6.15. The molecule has 0 amide bonds. The van der Waals surface area contributed by atoms with Crippen LogP contribution in [0.5, 0.6) is 0 Å². The number of allylic oxidation sites excluding steroid dienone is 1. The molecule has 0 radical (unpaired) electrons. The molecule has 1 nitrogen and oxygen atoms in total. The molecule has 0 saturated heterocycles. The van der Waals surface area contributed by atoms with Gasteiger partial charge in [-0.3, -0.25) is 0 Å². The van der Waals surface area contributed by atoms with Crippen molar-refractivity contribution in [3.63, 3.8) is 0 Å². The van der Waals surface area contributed by atoms with E-state index in [2.05, 4.69) is 12.1 Å². The lowest BCUT2D eigenvalue weighted by Gasteiger charge is -2.21. The third-order valence-electron chi connectivity index (χ3n) is 3.56. The Morgan fingerprint density at radius 2 is 2.20 bits per heavy atom. The molecule has 0 heterocycles. The van der Waals surface area contributed by atoms with Gasteiger partial charge in [0.1, 0.15) is 0 Å². The highest BCUT2D eigenvalue weighted by Gasteiger charge is 2.27. The summed E-state index contributed by atoms with van der Waals surface area (Å²) in [6.07, 6.45) is 4.58. The predicted octanol–water partition coefficient (Wildman–Crippen LogP) is 3.16. The van der Waals surface area contributed by atoms with Crippen LogP contribution in [-0.4, -0.2) is 6.04 Å². The lowest BCUT2D eigenvalue weighted by atomic mass is 9.88. The second kappa shape index (κ2) is 3.36. The van der Waals surface area contributed by atoms with Gasteiger partial charge in [0.2, 0.25) is 0 Å². The number of halogens is 1. The van der Waals surface area contributed by atoms with E-state index in [0.717, 1.165) is 17.9 Å². The normalized spacial score (nSPS) is 24.0. The zero-order valence-corrected chi connectivity index (χ0v) is 9.35. The molecule has 2 aliphatic rings. The van der Waals surface area contributed by atoms with Gasteiger partial charge >= 0.3 is 0 Å². The Hall–Kier alpha value is -0.790. The minimum atomic E-state index is 0.278. The lowest BCUT2D eigenvalue weighted by molar-refractivity contribution is 0.620. The molecule has 0 saturated carbocycles. The van der Waals surface area contributed by atoms with E-state index in [9.17, 15) is 0 Å². The van der Waals surface area contributed by atoms with E-state index in [0.29, 0.717) is 0 Å². The predicted molar refractivity (Wildman–Crippen MR) is 63.9 cm³/mol. The number of hydrogen-bond acceptors (Lipinski definition) is 1. The summed E-state index contributed by atoms with van der Waals surface area (Å²) in [4.78, 5) is 0. The third-order valence-corrected chi connectivity index (χ3v) is 3.79. The smallest absolute Gasteiger partial charge is 0.0412 e. The molecule has 0 spiro atoms. The molecule has 1 aromatic rings. The first-order chi connectivity index (χ1) is 7.25. The maximum Gasteiger partial charge on any atom is 0.0412 e. The highest BCUT2D eigenvalue weighted by Crippen LogP contribution is 2.41. The molecule has 0 aromatic heterocycles. The molecular weight excluding hydrogens is 206 g/mol. The van der Waals surface area contributed by atoms with Crippen LogP contribution in [0.1, 0.15) is 30.4 Å². The van der Waals surface area contributed by atoms with Crippen molar-refractivity contribution in [3.8, 4) is 0 Å². The fourth-order valence-electron chi connectivity index (χ4n) is 2.79. The lowest BCUT2D eigenvalue weighted by Crippen LogP contribution is -2.25. The monoisotopic (exact) mass is 219 g/mol. The number of nitrogens with two attached hydrogens (primary N) is 1. The molecule has 78 valence electrons. The minimum absolute atomic E-state index is 0.278. The van der Waals surface area contributed by atoms with E-state index in [1.54, 1.807) is 0 Å². The zero-order chi connectivity index (χ0) is 10.4. The van der Waals surface area contributed by atoms with Crippen molar-refractivity contribution in [3.05, 3.63) is 39.9 Å². The number of hydrogen-bond donors (Lipinski definition) is 1. The van der Waals surface area contributed by atoms with Crippen LogP contribution in [0.4, 0.5) is 0 Å². The second-order valence-corrected chi connectivity index (χ2v) is 4.92. The highest BCUT2D eigenvalue weighted by molar-refractivity contribution is 6.30. The molecule has 0 fully saturated rings. The van der Waals surface area contributed by atoms with Crippen molar-refractivity contribution < 1.29 is 0 Å². The Morgan fingerprint density at radius 3 is 3.07 bits per heavy atom. The molecule has 0 aliphatic heterocycles. The Bertz CT molecular complexity index is 448. The molecule has 15 heavy (non-hydrogen) atoms. The Morgan fingerprint density at radius 1 is 1.33 bits per heavy atom. The summed E-state index contributed by atoms with van der Waals surface area (Å²) in [6, 6.07) is 6.49. The van der Waals surface area contributed by atoms with Gasteiger partial charge in [0.15, 0.2) is 0 Å². The maximum atomic E-state index is 6.15. The third kappa shape index (κ3) is 1.42. The number of fused-ring (bicyclic) bond motifs is 2. The van der Waals surface area contributed by atoms with Crippen LogP contribution in [0.3, 0.4) is 0 Å². The van der Waals surface area contributed by atoms with E-state index in [4.69, 9.17) is 17.3 Å². The highest BCUT2D eigenvalue weighted by atomic mass is 35.5. The molecule has 0 bridgehead atoms. The summed E-state index contributed by atoms with van der Waals surface area (Å²) in [6.45, 7) is 0. The molecule has 1 unspecified atom stereocenters. The van der Waals surface area contributed by atoms with Crippen molar-refractivity contribution >= 4 is 17.2 Å².